The van der Waals surface area contributed by atoms with Crippen LogP contribution in [0.5, 0.6) is 5.75 Å². The van der Waals surface area contributed by atoms with Gasteiger partial charge < -0.3 is 4.74 Å². The van der Waals surface area contributed by atoms with Gasteiger partial charge in [-0.25, -0.2) is 0 Å². The molecule has 0 aliphatic heterocycles. The fourth-order valence-electron chi connectivity index (χ4n) is 1.96. The van der Waals surface area contributed by atoms with Gasteiger partial charge in [0, 0.05) is 5.56 Å². The van der Waals surface area contributed by atoms with Gasteiger partial charge in [-0.3, -0.25) is 4.79 Å². The number of hydrogen-bond donors (Lipinski definition) is 0. The Bertz CT molecular complexity index is 577. The van der Waals surface area contributed by atoms with Crippen LogP contribution >= 0.6 is 0 Å². The van der Waals surface area contributed by atoms with Gasteiger partial charge in [0.15, 0.2) is 6.29 Å². The van der Waals surface area contributed by atoms with E-state index in [1.54, 1.807) is 19.2 Å². The summed E-state index contributed by atoms with van der Waals surface area (Å²) in [4.78, 5) is 10.6. The lowest BCUT2D eigenvalue weighted by atomic mass is 10.0. The number of hydrogen-bond acceptors (Lipinski definition) is 4. The Morgan fingerprint density at radius 3 is 2.50 bits per heavy atom. The van der Waals surface area contributed by atoms with Gasteiger partial charge in [-0.2, -0.15) is 0 Å². The molecule has 0 bridgehead atoms. The third kappa shape index (κ3) is 2.22. The molecular formula is C14H14N2O2. The maximum absolute atomic E-state index is 10.6. The van der Waals surface area contributed by atoms with E-state index < -0.39 is 0 Å². The van der Waals surface area contributed by atoms with E-state index >= 15 is 0 Å². The Labute approximate surface area is 106 Å². The summed E-state index contributed by atoms with van der Waals surface area (Å²) in [5.74, 6) is 0.786. The van der Waals surface area contributed by atoms with Gasteiger partial charge in [0.05, 0.1) is 12.8 Å². The summed E-state index contributed by atoms with van der Waals surface area (Å²) < 4.78 is 5.40. The first-order valence-corrected chi connectivity index (χ1v) is 5.60. The second-order valence-corrected chi connectivity index (χ2v) is 4.12. The van der Waals surface area contributed by atoms with Crippen LogP contribution in [-0.2, 0) is 0 Å². The van der Waals surface area contributed by atoms with Crippen molar-refractivity contribution >= 4 is 6.29 Å². The van der Waals surface area contributed by atoms with E-state index in [1.165, 1.54) is 0 Å². The Balaban J connectivity index is 2.58. The lowest BCUT2D eigenvalue weighted by Gasteiger charge is -2.11. The minimum atomic E-state index is 0.321. The molecule has 4 heteroatoms. The monoisotopic (exact) mass is 242 g/mol. The van der Waals surface area contributed by atoms with Crippen LogP contribution in [0.25, 0.3) is 11.3 Å². The zero-order chi connectivity index (χ0) is 13.1. The summed E-state index contributed by atoms with van der Waals surface area (Å²) in [7, 11) is 1.63. The number of benzene rings is 1. The van der Waals surface area contributed by atoms with E-state index in [9.17, 15) is 4.79 Å². The first-order valence-electron chi connectivity index (χ1n) is 5.60. The Kier molecular flexibility index (Phi) is 3.37. The lowest BCUT2D eigenvalue weighted by molar-refractivity contribution is 0.111. The van der Waals surface area contributed by atoms with Gasteiger partial charge in [0.25, 0.3) is 0 Å². The highest BCUT2D eigenvalue weighted by atomic mass is 16.5. The second-order valence-electron chi connectivity index (χ2n) is 4.12. The van der Waals surface area contributed by atoms with E-state index in [0.29, 0.717) is 17.7 Å². The zero-order valence-corrected chi connectivity index (χ0v) is 10.6. The number of nitrogens with zero attached hydrogens (tertiary/aromatic N) is 2. The number of carbonyl (C=O) groups excluding carboxylic acids is 1. The molecule has 0 radical (unpaired) electrons. The molecule has 0 spiro atoms. The number of aldehydes is 1. The first kappa shape index (κ1) is 12.2. The van der Waals surface area contributed by atoms with Crippen molar-refractivity contribution in [1.29, 1.82) is 0 Å². The van der Waals surface area contributed by atoms with E-state index in [0.717, 1.165) is 22.4 Å². The van der Waals surface area contributed by atoms with E-state index in [2.05, 4.69) is 16.3 Å². The van der Waals surface area contributed by atoms with Crippen molar-refractivity contribution in [3.05, 3.63) is 41.1 Å². The fraction of sp³-hybridized carbons (Fsp3) is 0.214. The summed E-state index contributed by atoms with van der Waals surface area (Å²) in [5.41, 5.74) is 4.09. The number of ether oxygens (including phenoxy) is 1. The third-order valence-corrected chi connectivity index (χ3v) is 2.70. The number of aryl methyl sites for hydroxylation is 2. The molecule has 2 aromatic rings. The highest BCUT2D eigenvalue weighted by Gasteiger charge is 2.11. The van der Waals surface area contributed by atoms with Crippen LogP contribution in [0.4, 0.5) is 0 Å². The van der Waals surface area contributed by atoms with Crippen LogP contribution in [-0.4, -0.2) is 23.6 Å². The predicted octanol–water partition coefficient (Wildman–Crippen LogP) is 2.58. The van der Waals surface area contributed by atoms with Gasteiger partial charge in [0.2, 0.25) is 0 Å². The molecule has 92 valence electrons. The molecule has 0 atom stereocenters. The zero-order valence-electron chi connectivity index (χ0n) is 10.6. The van der Waals surface area contributed by atoms with E-state index in [-0.39, 0.29) is 0 Å². The number of rotatable bonds is 3. The van der Waals surface area contributed by atoms with Crippen molar-refractivity contribution in [2.24, 2.45) is 0 Å². The normalized spacial score (nSPS) is 10.2. The van der Waals surface area contributed by atoms with Crippen molar-refractivity contribution in [2.75, 3.05) is 7.11 Å². The molecule has 0 unspecified atom stereocenters. The van der Waals surface area contributed by atoms with Crippen LogP contribution in [0.15, 0.2) is 24.3 Å². The minimum absolute atomic E-state index is 0.321. The van der Waals surface area contributed by atoms with Crippen molar-refractivity contribution in [3.8, 4) is 17.0 Å². The van der Waals surface area contributed by atoms with Crippen molar-refractivity contribution in [2.45, 2.75) is 13.8 Å². The van der Waals surface area contributed by atoms with Crippen molar-refractivity contribution < 1.29 is 9.53 Å². The highest BCUT2D eigenvalue weighted by molar-refractivity contribution is 5.74. The molecule has 0 aliphatic rings. The number of methoxy groups -OCH3 is 1. The standard InChI is InChI=1S/C14H14N2O2/c1-9-6-10(2)14(18-3)12(7-9)13-5-4-11(8-17)15-16-13/h4-8H,1-3H3. The molecule has 1 aromatic carbocycles. The molecular weight excluding hydrogens is 228 g/mol. The molecule has 2 rings (SSSR count). The summed E-state index contributed by atoms with van der Waals surface area (Å²) in [6.45, 7) is 4.01. The van der Waals surface area contributed by atoms with Gasteiger partial charge in [-0.05, 0) is 43.2 Å². The molecule has 0 saturated heterocycles. The van der Waals surface area contributed by atoms with E-state index in [4.69, 9.17) is 4.74 Å². The SMILES string of the molecule is COc1c(C)cc(C)cc1-c1ccc(C=O)nn1. The molecule has 1 aromatic heterocycles. The highest BCUT2D eigenvalue weighted by Crippen LogP contribution is 2.32. The second kappa shape index (κ2) is 4.96. The van der Waals surface area contributed by atoms with Crippen LogP contribution in [0.2, 0.25) is 0 Å². The van der Waals surface area contributed by atoms with Crippen LogP contribution in [0, 0.1) is 13.8 Å². The number of carbonyl (C=O) groups is 1. The Morgan fingerprint density at radius 2 is 1.94 bits per heavy atom. The molecule has 0 N–H and O–H groups in total. The fourth-order valence-corrected chi connectivity index (χ4v) is 1.96. The summed E-state index contributed by atoms with van der Waals surface area (Å²) in [5, 5.41) is 7.88. The smallest absolute Gasteiger partial charge is 0.170 e. The van der Waals surface area contributed by atoms with Gasteiger partial charge in [0.1, 0.15) is 11.4 Å². The molecule has 1 heterocycles. The predicted molar refractivity (Wildman–Crippen MR) is 68.9 cm³/mol. The van der Waals surface area contributed by atoms with Crippen LogP contribution in [0.1, 0.15) is 21.6 Å². The maximum Gasteiger partial charge on any atom is 0.170 e. The van der Waals surface area contributed by atoms with Crippen LogP contribution in [0.3, 0.4) is 0 Å². The van der Waals surface area contributed by atoms with Crippen LogP contribution < -0.4 is 4.74 Å². The minimum Gasteiger partial charge on any atom is -0.496 e. The maximum atomic E-state index is 10.6. The third-order valence-electron chi connectivity index (χ3n) is 2.70. The Hall–Kier alpha value is -2.23. The molecule has 0 amide bonds. The summed E-state index contributed by atoms with van der Waals surface area (Å²) in [6, 6.07) is 7.46. The van der Waals surface area contributed by atoms with Crippen molar-refractivity contribution in [1.82, 2.24) is 10.2 Å². The quantitative estimate of drug-likeness (QED) is 0.776. The molecule has 4 nitrogen and oxygen atoms in total. The van der Waals surface area contributed by atoms with Gasteiger partial charge in [-0.15, -0.1) is 10.2 Å². The van der Waals surface area contributed by atoms with Gasteiger partial charge in [-0.1, -0.05) is 6.07 Å². The summed E-state index contributed by atoms with van der Waals surface area (Å²) in [6.07, 6.45) is 0.676. The summed E-state index contributed by atoms with van der Waals surface area (Å²) >= 11 is 0. The largest absolute Gasteiger partial charge is 0.496 e. The average molecular weight is 242 g/mol. The molecule has 0 saturated carbocycles. The molecule has 18 heavy (non-hydrogen) atoms. The van der Waals surface area contributed by atoms with Gasteiger partial charge >= 0.3 is 0 Å². The van der Waals surface area contributed by atoms with E-state index in [1.807, 2.05) is 19.9 Å². The number of aromatic nitrogens is 2. The van der Waals surface area contributed by atoms with Crippen molar-refractivity contribution in [3.63, 3.8) is 0 Å². The lowest BCUT2D eigenvalue weighted by Crippen LogP contribution is -1.97. The first-order chi connectivity index (χ1) is 8.65. The topological polar surface area (TPSA) is 52.1 Å². The average Bonchev–Trinajstić information content (AvgIpc) is 2.38. The molecule has 0 fully saturated rings. The molecule has 0 aliphatic carbocycles. The Morgan fingerprint density at radius 1 is 1.17 bits per heavy atom.